The lowest BCUT2D eigenvalue weighted by molar-refractivity contribution is -0.132. The van der Waals surface area contributed by atoms with Crippen molar-refractivity contribution in [1.29, 1.82) is 0 Å². The standard InChI is InChI=1S/C19H20O7/c1-4-5-6-7-10-23-18-17(25-13(3)21)15-9-8-14(24-12(2)20)11-16(15)26-19(18)22/h4,8-9,11H,1,5-7,10H2,2-3H3. The zero-order chi connectivity index (χ0) is 19.1. The van der Waals surface area contributed by atoms with Crippen LogP contribution in [0.5, 0.6) is 17.2 Å². The van der Waals surface area contributed by atoms with Crippen molar-refractivity contribution >= 4 is 22.9 Å². The number of ether oxygens (including phenoxy) is 3. The number of hydrogen-bond acceptors (Lipinski definition) is 7. The first-order chi connectivity index (χ1) is 12.4. The second-order valence-electron chi connectivity index (χ2n) is 5.53. The molecule has 0 saturated heterocycles. The molecule has 7 heteroatoms. The zero-order valence-corrected chi connectivity index (χ0v) is 14.7. The highest BCUT2D eigenvalue weighted by Gasteiger charge is 2.20. The highest BCUT2D eigenvalue weighted by atomic mass is 16.6. The summed E-state index contributed by atoms with van der Waals surface area (Å²) < 4.78 is 20.9. The van der Waals surface area contributed by atoms with Gasteiger partial charge in [0, 0.05) is 19.9 Å². The van der Waals surface area contributed by atoms with Gasteiger partial charge in [0.1, 0.15) is 11.3 Å². The highest BCUT2D eigenvalue weighted by Crippen LogP contribution is 2.34. The topological polar surface area (TPSA) is 92.0 Å². The molecule has 0 amide bonds. The molecule has 0 aliphatic heterocycles. The van der Waals surface area contributed by atoms with Crippen LogP contribution in [-0.2, 0) is 9.59 Å². The van der Waals surface area contributed by atoms with Crippen LogP contribution in [0.3, 0.4) is 0 Å². The van der Waals surface area contributed by atoms with Gasteiger partial charge in [-0.2, -0.15) is 0 Å². The molecule has 0 bridgehead atoms. The second kappa shape index (κ2) is 8.84. The van der Waals surface area contributed by atoms with Crippen LogP contribution in [0, 0.1) is 0 Å². The van der Waals surface area contributed by atoms with E-state index < -0.39 is 17.6 Å². The lowest BCUT2D eigenvalue weighted by Gasteiger charge is -2.12. The van der Waals surface area contributed by atoms with Crippen molar-refractivity contribution in [2.75, 3.05) is 6.61 Å². The number of carbonyl (C=O) groups is 2. The maximum atomic E-state index is 12.3. The molecule has 7 nitrogen and oxygen atoms in total. The number of fused-ring (bicyclic) bond motifs is 1. The molecule has 0 fully saturated rings. The van der Waals surface area contributed by atoms with Crippen LogP contribution in [0.1, 0.15) is 33.1 Å². The Bertz CT molecular complexity index is 879. The number of carbonyl (C=O) groups excluding carboxylic acids is 2. The van der Waals surface area contributed by atoms with Crippen LogP contribution >= 0.6 is 0 Å². The summed E-state index contributed by atoms with van der Waals surface area (Å²) in [5, 5.41) is 0.358. The molecule has 1 aromatic carbocycles. The molecule has 1 heterocycles. The van der Waals surface area contributed by atoms with Gasteiger partial charge < -0.3 is 18.6 Å². The van der Waals surface area contributed by atoms with Crippen molar-refractivity contribution in [1.82, 2.24) is 0 Å². The van der Waals surface area contributed by atoms with E-state index in [1.54, 1.807) is 6.08 Å². The number of hydrogen-bond donors (Lipinski definition) is 0. The quantitative estimate of drug-likeness (QED) is 0.234. The minimum absolute atomic E-state index is 0.0122. The first-order valence-electron chi connectivity index (χ1n) is 8.13. The summed E-state index contributed by atoms with van der Waals surface area (Å²) in [5.74, 6) is -1.07. The average molecular weight is 360 g/mol. The highest BCUT2D eigenvalue weighted by molar-refractivity contribution is 5.89. The smallest absolute Gasteiger partial charge is 0.383 e. The van der Waals surface area contributed by atoms with Gasteiger partial charge in [-0.05, 0) is 31.4 Å². The Morgan fingerprint density at radius 1 is 1.12 bits per heavy atom. The Kier molecular flexibility index (Phi) is 6.54. The normalized spacial score (nSPS) is 10.4. The number of unbranched alkanes of at least 4 members (excludes halogenated alkanes) is 2. The molecular formula is C19H20O7. The fourth-order valence-corrected chi connectivity index (χ4v) is 2.30. The Morgan fingerprint density at radius 2 is 1.85 bits per heavy atom. The monoisotopic (exact) mass is 360 g/mol. The van der Waals surface area contributed by atoms with Crippen LogP contribution in [-0.4, -0.2) is 18.5 Å². The van der Waals surface area contributed by atoms with Crippen molar-refractivity contribution in [3.05, 3.63) is 41.3 Å². The van der Waals surface area contributed by atoms with Gasteiger partial charge in [-0.25, -0.2) is 4.79 Å². The van der Waals surface area contributed by atoms with Crippen molar-refractivity contribution in [2.45, 2.75) is 33.1 Å². The van der Waals surface area contributed by atoms with Crippen molar-refractivity contribution in [2.24, 2.45) is 0 Å². The lowest BCUT2D eigenvalue weighted by Crippen LogP contribution is -2.13. The number of esters is 2. The van der Waals surface area contributed by atoms with Gasteiger partial charge in [0.25, 0.3) is 0 Å². The molecule has 138 valence electrons. The van der Waals surface area contributed by atoms with E-state index in [9.17, 15) is 14.4 Å². The Morgan fingerprint density at radius 3 is 2.50 bits per heavy atom. The van der Waals surface area contributed by atoms with Crippen LogP contribution in [0.4, 0.5) is 0 Å². The minimum Gasteiger partial charge on any atom is -0.484 e. The lowest BCUT2D eigenvalue weighted by atomic mass is 10.2. The number of benzene rings is 1. The molecule has 0 atom stereocenters. The van der Waals surface area contributed by atoms with E-state index in [4.69, 9.17) is 18.6 Å². The minimum atomic E-state index is -0.780. The summed E-state index contributed by atoms with van der Waals surface area (Å²) in [6, 6.07) is 4.41. The summed E-state index contributed by atoms with van der Waals surface area (Å²) in [5.41, 5.74) is -0.665. The molecular weight excluding hydrogens is 340 g/mol. The van der Waals surface area contributed by atoms with Gasteiger partial charge in [-0.3, -0.25) is 9.59 Å². The molecule has 0 aliphatic carbocycles. The van der Waals surface area contributed by atoms with Gasteiger partial charge in [0.05, 0.1) is 12.0 Å². The van der Waals surface area contributed by atoms with E-state index in [-0.39, 0.29) is 29.4 Å². The summed E-state index contributed by atoms with van der Waals surface area (Å²) in [6.07, 6.45) is 4.20. The third kappa shape index (κ3) is 4.95. The van der Waals surface area contributed by atoms with Crippen molar-refractivity contribution < 1.29 is 28.2 Å². The first-order valence-corrected chi connectivity index (χ1v) is 8.13. The molecule has 2 aromatic rings. The van der Waals surface area contributed by atoms with E-state index in [0.717, 1.165) is 12.8 Å². The Labute approximate surface area is 150 Å². The maximum absolute atomic E-state index is 12.3. The molecule has 0 aliphatic rings. The van der Waals surface area contributed by atoms with E-state index in [2.05, 4.69) is 6.58 Å². The summed E-state index contributed by atoms with van der Waals surface area (Å²) in [4.78, 5) is 34.8. The summed E-state index contributed by atoms with van der Waals surface area (Å²) in [7, 11) is 0. The van der Waals surface area contributed by atoms with Gasteiger partial charge >= 0.3 is 17.6 Å². The molecule has 0 saturated carbocycles. The predicted octanol–water partition coefficient (Wildman–Crippen LogP) is 3.38. The van der Waals surface area contributed by atoms with Gasteiger partial charge in [-0.1, -0.05) is 6.08 Å². The van der Waals surface area contributed by atoms with Crippen LogP contribution in [0.25, 0.3) is 11.0 Å². The van der Waals surface area contributed by atoms with Crippen molar-refractivity contribution in [3.8, 4) is 17.2 Å². The summed E-state index contributed by atoms with van der Waals surface area (Å²) in [6.45, 7) is 6.39. The zero-order valence-electron chi connectivity index (χ0n) is 14.7. The molecule has 1 aromatic heterocycles. The number of allylic oxidation sites excluding steroid dienone is 1. The van der Waals surface area contributed by atoms with Crippen molar-refractivity contribution in [3.63, 3.8) is 0 Å². The molecule has 0 N–H and O–H groups in total. The fourth-order valence-electron chi connectivity index (χ4n) is 2.30. The summed E-state index contributed by atoms with van der Waals surface area (Å²) >= 11 is 0. The van der Waals surface area contributed by atoms with Gasteiger partial charge in [-0.15, -0.1) is 6.58 Å². The molecule has 0 spiro atoms. The Hall–Kier alpha value is -3.09. The van der Waals surface area contributed by atoms with E-state index in [0.29, 0.717) is 11.8 Å². The molecule has 2 rings (SSSR count). The molecule has 26 heavy (non-hydrogen) atoms. The van der Waals surface area contributed by atoms with E-state index in [1.165, 1.54) is 32.0 Å². The van der Waals surface area contributed by atoms with Gasteiger partial charge in [0.2, 0.25) is 5.75 Å². The number of rotatable bonds is 8. The fraction of sp³-hybridized carbons (Fsp3) is 0.316. The van der Waals surface area contributed by atoms with E-state index in [1.807, 2.05) is 0 Å². The van der Waals surface area contributed by atoms with E-state index >= 15 is 0 Å². The predicted molar refractivity (Wildman–Crippen MR) is 94.6 cm³/mol. The van der Waals surface area contributed by atoms with Crippen LogP contribution in [0.2, 0.25) is 0 Å². The van der Waals surface area contributed by atoms with Gasteiger partial charge in [0.15, 0.2) is 5.75 Å². The SMILES string of the molecule is C=CCCCCOc1c(OC(C)=O)c2ccc(OC(C)=O)cc2oc1=O. The van der Waals surface area contributed by atoms with Crippen LogP contribution in [0.15, 0.2) is 40.1 Å². The third-order valence-electron chi connectivity index (χ3n) is 3.35. The largest absolute Gasteiger partial charge is 0.484 e. The Balaban J connectivity index is 2.41. The third-order valence-corrected chi connectivity index (χ3v) is 3.35. The maximum Gasteiger partial charge on any atom is 0.383 e. The molecule has 0 unspecified atom stereocenters. The first kappa shape index (κ1) is 19.2. The average Bonchev–Trinajstić information content (AvgIpc) is 2.55. The molecule has 0 radical (unpaired) electrons. The van der Waals surface area contributed by atoms with Crippen LogP contribution < -0.4 is 19.8 Å². The second-order valence-corrected chi connectivity index (χ2v) is 5.53.